The van der Waals surface area contributed by atoms with E-state index in [0.717, 1.165) is 0 Å². The quantitative estimate of drug-likeness (QED) is 0.410. The number of amidine groups is 1. The first-order valence-electron chi connectivity index (χ1n) is 2.82. The second-order valence-electron chi connectivity index (χ2n) is 1.73. The van der Waals surface area contributed by atoms with Crippen molar-refractivity contribution in [1.82, 2.24) is 37.1 Å². The largest absolute Gasteiger partial charge is 0.283 e. The molecular weight excluding hydrogens is 148 g/mol. The Labute approximate surface area is 61.0 Å². The summed E-state index contributed by atoms with van der Waals surface area (Å²) in [6.07, 6.45) is 1.45. The van der Waals surface area contributed by atoms with Gasteiger partial charge in [-0.2, -0.15) is 0 Å². The second kappa shape index (κ2) is 2.42. The van der Waals surface area contributed by atoms with Gasteiger partial charge >= 0.3 is 0 Å². The number of hydrazine groups is 2. The van der Waals surface area contributed by atoms with Gasteiger partial charge in [-0.15, -0.1) is 20.8 Å². The Hall–Kier alpha value is -1.83. The molecule has 0 bridgehead atoms. The Bertz CT molecular complexity index is 266. The third-order valence-electron chi connectivity index (χ3n) is 1.07. The Morgan fingerprint density at radius 1 is 1.27 bits per heavy atom. The van der Waals surface area contributed by atoms with Crippen molar-refractivity contribution in [3.8, 4) is 0 Å². The van der Waals surface area contributed by atoms with E-state index in [2.05, 4.69) is 42.2 Å². The van der Waals surface area contributed by atoms with Crippen LogP contribution in [0.2, 0.25) is 0 Å². The lowest BCUT2D eigenvalue weighted by Crippen LogP contribution is -2.35. The molecule has 0 amide bonds. The molecule has 0 unspecified atom stereocenters. The standard InChI is InChI=1S/C3H4N8/c1-2(5-9-8-4-1)3-6-10-11-7-3/h1,10-11H,(H,6,7). The summed E-state index contributed by atoms with van der Waals surface area (Å²) in [5, 5.41) is 17.6. The molecular formula is C3H4N8. The van der Waals surface area contributed by atoms with E-state index in [0.29, 0.717) is 11.5 Å². The molecule has 1 aromatic heterocycles. The fraction of sp³-hybridized carbons (Fsp3) is 0. The number of nitrogens with zero attached hydrogens (tertiary/aromatic N) is 5. The van der Waals surface area contributed by atoms with Crippen LogP contribution < -0.4 is 16.5 Å². The molecule has 0 spiro atoms. The van der Waals surface area contributed by atoms with Gasteiger partial charge in [0.05, 0.1) is 6.20 Å². The van der Waals surface area contributed by atoms with Gasteiger partial charge in [0.15, 0.2) is 11.5 Å². The molecule has 1 aliphatic rings. The van der Waals surface area contributed by atoms with Crippen LogP contribution in [0.25, 0.3) is 0 Å². The van der Waals surface area contributed by atoms with E-state index in [1.54, 1.807) is 0 Å². The highest BCUT2D eigenvalue weighted by Gasteiger charge is 2.08. The van der Waals surface area contributed by atoms with Gasteiger partial charge in [0, 0.05) is 0 Å². The smallest absolute Gasteiger partial charge is 0.192 e. The monoisotopic (exact) mass is 152 g/mol. The van der Waals surface area contributed by atoms with E-state index >= 15 is 0 Å². The van der Waals surface area contributed by atoms with Gasteiger partial charge in [0.2, 0.25) is 0 Å². The van der Waals surface area contributed by atoms with Gasteiger partial charge in [-0.3, -0.25) is 5.43 Å². The van der Waals surface area contributed by atoms with Crippen molar-refractivity contribution in [3.63, 3.8) is 0 Å². The first kappa shape index (κ1) is 5.92. The van der Waals surface area contributed by atoms with Gasteiger partial charge in [-0.1, -0.05) is 0 Å². The molecule has 0 aromatic carbocycles. The zero-order chi connectivity index (χ0) is 7.52. The summed E-state index contributed by atoms with van der Waals surface area (Å²) in [6.45, 7) is 0. The van der Waals surface area contributed by atoms with E-state index in [-0.39, 0.29) is 0 Å². The molecule has 1 aromatic rings. The number of hydrogen-bond acceptors (Lipinski definition) is 8. The lowest BCUT2D eigenvalue weighted by atomic mass is 10.4. The van der Waals surface area contributed by atoms with Crippen molar-refractivity contribution in [1.29, 1.82) is 0 Å². The SMILES string of the molecule is c1nnnnc1C1=NNNN1. The molecule has 8 nitrogen and oxygen atoms in total. The predicted octanol–water partition coefficient (Wildman–Crippen LogP) is -2.46. The minimum absolute atomic E-state index is 0.525. The maximum Gasteiger partial charge on any atom is 0.192 e. The molecule has 2 rings (SSSR count). The Kier molecular flexibility index (Phi) is 1.30. The summed E-state index contributed by atoms with van der Waals surface area (Å²) in [7, 11) is 0. The van der Waals surface area contributed by atoms with Crippen LogP contribution >= 0.6 is 0 Å². The van der Waals surface area contributed by atoms with Crippen LogP contribution in [0.5, 0.6) is 0 Å². The molecule has 11 heavy (non-hydrogen) atoms. The molecule has 0 saturated carbocycles. The molecule has 0 radical (unpaired) electrons. The zero-order valence-electron chi connectivity index (χ0n) is 5.31. The van der Waals surface area contributed by atoms with E-state index < -0.39 is 0 Å². The maximum atomic E-state index is 3.78. The van der Waals surface area contributed by atoms with Crippen molar-refractivity contribution in [2.75, 3.05) is 0 Å². The topological polar surface area (TPSA) is 100 Å². The second-order valence-corrected chi connectivity index (χ2v) is 1.73. The normalized spacial score (nSPS) is 15.1. The van der Waals surface area contributed by atoms with Gasteiger partial charge in [-0.05, 0) is 10.4 Å². The Morgan fingerprint density at radius 2 is 2.27 bits per heavy atom. The summed E-state index contributed by atoms with van der Waals surface area (Å²) in [6, 6.07) is 0. The van der Waals surface area contributed by atoms with E-state index in [1.165, 1.54) is 6.20 Å². The van der Waals surface area contributed by atoms with Crippen molar-refractivity contribution in [2.24, 2.45) is 5.10 Å². The lowest BCUT2D eigenvalue weighted by Gasteiger charge is -1.94. The van der Waals surface area contributed by atoms with Crippen molar-refractivity contribution in [3.05, 3.63) is 11.9 Å². The third kappa shape index (κ3) is 1.05. The van der Waals surface area contributed by atoms with Crippen LogP contribution in [0.4, 0.5) is 0 Å². The number of aromatic nitrogens is 4. The summed E-state index contributed by atoms with van der Waals surface area (Å²) in [5.41, 5.74) is 8.25. The molecule has 0 aliphatic carbocycles. The number of hydrogen-bond donors (Lipinski definition) is 3. The number of nitrogens with one attached hydrogen (secondary N) is 3. The van der Waals surface area contributed by atoms with Crippen LogP contribution in [0.3, 0.4) is 0 Å². The molecule has 0 fully saturated rings. The van der Waals surface area contributed by atoms with E-state index in [9.17, 15) is 0 Å². The fourth-order valence-electron chi connectivity index (χ4n) is 0.626. The summed E-state index contributed by atoms with van der Waals surface area (Å²) in [4.78, 5) is 0. The fourth-order valence-corrected chi connectivity index (χ4v) is 0.626. The van der Waals surface area contributed by atoms with Crippen molar-refractivity contribution in [2.45, 2.75) is 0 Å². The van der Waals surface area contributed by atoms with Gasteiger partial charge in [0.25, 0.3) is 0 Å². The minimum Gasteiger partial charge on any atom is -0.283 e. The third-order valence-corrected chi connectivity index (χ3v) is 1.07. The highest BCUT2D eigenvalue weighted by molar-refractivity contribution is 5.96. The van der Waals surface area contributed by atoms with Crippen LogP contribution in [0, 0.1) is 0 Å². The lowest BCUT2D eigenvalue weighted by molar-refractivity contribution is 0.577. The van der Waals surface area contributed by atoms with Crippen molar-refractivity contribution < 1.29 is 0 Å². The number of hydrazone groups is 1. The Balaban J connectivity index is 2.29. The predicted molar refractivity (Wildman–Crippen MR) is 33.6 cm³/mol. The highest BCUT2D eigenvalue weighted by atomic mass is 15.8. The summed E-state index contributed by atoms with van der Waals surface area (Å²) < 4.78 is 0. The van der Waals surface area contributed by atoms with Gasteiger partial charge in [-0.25, -0.2) is 5.53 Å². The maximum absolute atomic E-state index is 3.78. The van der Waals surface area contributed by atoms with Gasteiger partial charge in [0.1, 0.15) is 0 Å². The van der Waals surface area contributed by atoms with Crippen LogP contribution in [-0.2, 0) is 0 Å². The van der Waals surface area contributed by atoms with Gasteiger partial charge < -0.3 is 0 Å². The van der Waals surface area contributed by atoms with Crippen LogP contribution in [0.1, 0.15) is 5.69 Å². The first-order chi connectivity index (χ1) is 5.47. The average molecular weight is 152 g/mol. The molecule has 0 saturated heterocycles. The minimum atomic E-state index is 0.525. The molecule has 3 N–H and O–H groups in total. The number of rotatable bonds is 1. The Morgan fingerprint density at radius 3 is 2.91 bits per heavy atom. The highest BCUT2D eigenvalue weighted by Crippen LogP contribution is 1.88. The molecule has 0 atom stereocenters. The van der Waals surface area contributed by atoms with E-state index in [4.69, 9.17) is 0 Å². The van der Waals surface area contributed by atoms with Crippen molar-refractivity contribution >= 4 is 5.84 Å². The molecule has 1 aliphatic heterocycles. The van der Waals surface area contributed by atoms with Crippen LogP contribution in [-0.4, -0.2) is 26.5 Å². The van der Waals surface area contributed by atoms with Crippen LogP contribution in [0.15, 0.2) is 11.3 Å². The summed E-state index contributed by atoms with van der Waals surface area (Å²) >= 11 is 0. The molecule has 8 heteroatoms. The molecule has 56 valence electrons. The summed E-state index contributed by atoms with van der Waals surface area (Å²) in [5.74, 6) is 0.535. The first-order valence-corrected chi connectivity index (χ1v) is 2.82. The molecule has 2 heterocycles. The zero-order valence-corrected chi connectivity index (χ0v) is 5.31. The average Bonchev–Trinajstić information content (AvgIpc) is 2.58. The van der Waals surface area contributed by atoms with E-state index in [1.807, 2.05) is 0 Å².